The summed E-state index contributed by atoms with van der Waals surface area (Å²) in [5, 5.41) is 3.66. The van der Waals surface area contributed by atoms with Crippen molar-refractivity contribution in [2.45, 2.75) is 57.2 Å². The van der Waals surface area contributed by atoms with Gasteiger partial charge < -0.3 is 10.2 Å². The summed E-state index contributed by atoms with van der Waals surface area (Å²) in [4.78, 5) is 15.0. The fourth-order valence-corrected chi connectivity index (χ4v) is 4.00. The van der Waals surface area contributed by atoms with Crippen LogP contribution in [-0.2, 0) is 0 Å². The lowest BCUT2D eigenvalue weighted by Crippen LogP contribution is -2.50. The third kappa shape index (κ3) is 3.32. The van der Waals surface area contributed by atoms with Gasteiger partial charge in [-0.25, -0.2) is 0 Å². The number of hydrogen-bond acceptors (Lipinski definition) is 2. The third-order valence-corrected chi connectivity index (χ3v) is 5.23. The van der Waals surface area contributed by atoms with Crippen LogP contribution in [-0.4, -0.2) is 35.5 Å². The number of halogens is 1. The second-order valence-electron chi connectivity index (χ2n) is 6.27. The molecule has 1 N–H and O–H groups in total. The fourth-order valence-electron chi connectivity index (χ4n) is 3.73. The molecule has 0 radical (unpaired) electrons. The lowest BCUT2D eigenvalue weighted by Gasteiger charge is -2.38. The molecular weight excluding hydrogens is 328 g/mol. The molecular formula is C17H23BrN2O. The van der Waals surface area contributed by atoms with Crippen molar-refractivity contribution < 1.29 is 4.79 Å². The number of benzene rings is 1. The Morgan fingerprint density at radius 2 is 1.86 bits per heavy atom. The Kier molecular flexibility index (Phi) is 4.65. The molecule has 0 aromatic heterocycles. The van der Waals surface area contributed by atoms with Crippen LogP contribution < -0.4 is 5.32 Å². The van der Waals surface area contributed by atoms with Crippen molar-refractivity contribution in [2.75, 3.05) is 6.54 Å². The number of carbonyl (C=O) groups is 1. The highest BCUT2D eigenvalue weighted by Gasteiger charge is 2.37. The molecule has 2 aliphatic heterocycles. The van der Waals surface area contributed by atoms with Crippen LogP contribution in [0.15, 0.2) is 28.7 Å². The standard InChI is InChI=1S/C17H23BrN2O/c1-2-9-20(16-10-14-7-8-15(11-16)19-14)17(21)12-3-5-13(18)6-4-12/h3-6,14-16,19H,2,7-11H2,1H3. The summed E-state index contributed by atoms with van der Waals surface area (Å²) < 4.78 is 1.01. The lowest BCUT2D eigenvalue weighted by atomic mass is 9.97. The van der Waals surface area contributed by atoms with E-state index in [-0.39, 0.29) is 5.91 Å². The van der Waals surface area contributed by atoms with Gasteiger partial charge in [0.2, 0.25) is 0 Å². The van der Waals surface area contributed by atoms with Crippen LogP contribution >= 0.6 is 15.9 Å². The first-order valence-corrected chi connectivity index (χ1v) is 8.79. The van der Waals surface area contributed by atoms with E-state index in [4.69, 9.17) is 0 Å². The molecule has 2 saturated heterocycles. The molecule has 0 spiro atoms. The number of rotatable bonds is 4. The monoisotopic (exact) mass is 350 g/mol. The van der Waals surface area contributed by atoms with Gasteiger partial charge in [0, 0.05) is 34.7 Å². The molecule has 2 unspecified atom stereocenters. The predicted molar refractivity (Wildman–Crippen MR) is 88.4 cm³/mol. The molecule has 2 bridgehead atoms. The van der Waals surface area contributed by atoms with E-state index in [1.807, 2.05) is 24.3 Å². The van der Waals surface area contributed by atoms with Gasteiger partial charge in [-0.3, -0.25) is 4.79 Å². The Labute approximate surface area is 135 Å². The number of carbonyl (C=O) groups excluding carboxylic acids is 1. The van der Waals surface area contributed by atoms with Crippen LogP contribution in [0, 0.1) is 0 Å². The van der Waals surface area contributed by atoms with Crippen LogP contribution in [0.4, 0.5) is 0 Å². The topological polar surface area (TPSA) is 32.3 Å². The number of amides is 1. The Morgan fingerprint density at radius 1 is 1.24 bits per heavy atom. The minimum atomic E-state index is 0.190. The van der Waals surface area contributed by atoms with Gasteiger partial charge in [-0.05, 0) is 56.4 Å². The summed E-state index contributed by atoms with van der Waals surface area (Å²) in [6, 6.07) is 9.37. The Morgan fingerprint density at radius 3 is 2.43 bits per heavy atom. The van der Waals surface area contributed by atoms with Gasteiger partial charge in [0.25, 0.3) is 5.91 Å². The second kappa shape index (κ2) is 6.49. The predicted octanol–water partition coefficient (Wildman–Crippen LogP) is 3.58. The quantitative estimate of drug-likeness (QED) is 0.899. The van der Waals surface area contributed by atoms with Crippen molar-refractivity contribution in [3.63, 3.8) is 0 Å². The van der Waals surface area contributed by atoms with E-state index in [0.717, 1.165) is 35.8 Å². The van der Waals surface area contributed by atoms with Crippen LogP contribution in [0.2, 0.25) is 0 Å². The average molecular weight is 351 g/mol. The van der Waals surface area contributed by atoms with Crippen LogP contribution in [0.3, 0.4) is 0 Å². The summed E-state index contributed by atoms with van der Waals surface area (Å²) in [6.45, 7) is 3.01. The molecule has 114 valence electrons. The highest BCUT2D eigenvalue weighted by Crippen LogP contribution is 2.30. The third-order valence-electron chi connectivity index (χ3n) is 4.71. The molecule has 2 aliphatic rings. The van der Waals surface area contributed by atoms with E-state index in [1.165, 1.54) is 12.8 Å². The highest BCUT2D eigenvalue weighted by molar-refractivity contribution is 9.10. The summed E-state index contributed by atoms with van der Waals surface area (Å²) >= 11 is 3.43. The van der Waals surface area contributed by atoms with E-state index in [9.17, 15) is 4.79 Å². The smallest absolute Gasteiger partial charge is 0.254 e. The van der Waals surface area contributed by atoms with Gasteiger partial charge in [0.05, 0.1) is 0 Å². The van der Waals surface area contributed by atoms with E-state index in [0.29, 0.717) is 18.1 Å². The molecule has 2 heterocycles. The molecule has 3 nitrogen and oxygen atoms in total. The molecule has 1 aromatic carbocycles. The zero-order valence-electron chi connectivity index (χ0n) is 12.5. The lowest BCUT2D eigenvalue weighted by molar-refractivity contribution is 0.0617. The number of piperidine rings is 1. The van der Waals surface area contributed by atoms with E-state index in [1.54, 1.807) is 0 Å². The molecule has 4 heteroatoms. The van der Waals surface area contributed by atoms with Gasteiger partial charge in [0.1, 0.15) is 0 Å². The van der Waals surface area contributed by atoms with Crippen LogP contribution in [0.5, 0.6) is 0 Å². The zero-order valence-corrected chi connectivity index (χ0v) is 14.1. The maximum Gasteiger partial charge on any atom is 0.254 e. The largest absolute Gasteiger partial charge is 0.336 e. The first-order valence-electron chi connectivity index (χ1n) is 8.00. The van der Waals surface area contributed by atoms with Gasteiger partial charge >= 0.3 is 0 Å². The van der Waals surface area contributed by atoms with E-state index < -0.39 is 0 Å². The molecule has 0 saturated carbocycles. The molecule has 2 atom stereocenters. The van der Waals surface area contributed by atoms with Crippen molar-refractivity contribution >= 4 is 21.8 Å². The first kappa shape index (κ1) is 15.0. The normalized spacial score (nSPS) is 27.6. The summed E-state index contributed by atoms with van der Waals surface area (Å²) in [5.41, 5.74) is 0.803. The number of fused-ring (bicyclic) bond motifs is 2. The number of nitrogens with one attached hydrogen (secondary N) is 1. The Balaban J connectivity index is 1.77. The molecule has 1 aromatic rings. The molecule has 0 aliphatic carbocycles. The van der Waals surface area contributed by atoms with Gasteiger partial charge in [-0.1, -0.05) is 22.9 Å². The molecule has 3 rings (SSSR count). The Hall–Kier alpha value is -0.870. The van der Waals surface area contributed by atoms with Crippen LogP contribution in [0.1, 0.15) is 49.4 Å². The highest BCUT2D eigenvalue weighted by atomic mass is 79.9. The van der Waals surface area contributed by atoms with Gasteiger partial charge in [-0.2, -0.15) is 0 Å². The average Bonchev–Trinajstić information content (AvgIpc) is 2.83. The van der Waals surface area contributed by atoms with Gasteiger partial charge in [0.15, 0.2) is 0 Å². The maximum absolute atomic E-state index is 12.9. The SMILES string of the molecule is CCCN(C(=O)c1ccc(Br)cc1)C1CC2CCC(C1)N2. The fraction of sp³-hybridized carbons (Fsp3) is 0.588. The summed E-state index contributed by atoms with van der Waals surface area (Å²) in [6.07, 6.45) is 5.78. The van der Waals surface area contributed by atoms with Crippen LogP contribution in [0.25, 0.3) is 0 Å². The Bertz CT molecular complexity index is 490. The minimum Gasteiger partial charge on any atom is -0.336 e. The zero-order chi connectivity index (χ0) is 14.8. The summed E-state index contributed by atoms with van der Waals surface area (Å²) in [5.74, 6) is 0.190. The van der Waals surface area contributed by atoms with Crippen molar-refractivity contribution in [2.24, 2.45) is 0 Å². The van der Waals surface area contributed by atoms with E-state index >= 15 is 0 Å². The second-order valence-corrected chi connectivity index (χ2v) is 7.18. The number of nitrogens with zero attached hydrogens (tertiary/aromatic N) is 1. The van der Waals surface area contributed by atoms with Crippen molar-refractivity contribution in [1.82, 2.24) is 10.2 Å². The first-order chi connectivity index (χ1) is 10.2. The molecule has 21 heavy (non-hydrogen) atoms. The maximum atomic E-state index is 12.9. The van der Waals surface area contributed by atoms with Crippen molar-refractivity contribution in [1.29, 1.82) is 0 Å². The van der Waals surface area contributed by atoms with E-state index in [2.05, 4.69) is 33.1 Å². The summed E-state index contributed by atoms with van der Waals surface area (Å²) in [7, 11) is 0. The molecule has 1 amide bonds. The van der Waals surface area contributed by atoms with Gasteiger partial charge in [-0.15, -0.1) is 0 Å². The van der Waals surface area contributed by atoms with Crippen molar-refractivity contribution in [3.05, 3.63) is 34.3 Å². The van der Waals surface area contributed by atoms with Crippen molar-refractivity contribution in [3.8, 4) is 0 Å². The molecule has 2 fully saturated rings. The minimum absolute atomic E-state index is 0.190. The number of hydrogen-bond donors (Lipinski definition) is 1.